The minimum atomic E-state index is -1.22. The Morgan fingerprint density at radius 2 is 1.14 bits per heavy atom. The smallest absolute Gasteiger partial charge is 0.371 e. The summed E-state index contributed by atoms with van der Waals surface area (Å²) in [5.74, 6) is 0. The third-order valence-corrected chi connectivity index (χ3v) is 12.1. The molecule has 3 aromatic rings. The molecule has 2 heterocycles. The minimum absolute atomic E-state index is 0. The van der Waals surface area contributed by atoms with Crippen molar-refractivity contribution in [1.29, 1.82) is 0 Å². The van der Waals surface area contributed by atoms with Crippen LogP contribution in [-0.2, 0) is 16.5 Å². The molecule has 150 valence electrons. The SMILES string of the molecule is C[Si](C)(C)[C-](c1[c-]cccc1)[Si](C)(C)C.[Ni+2].c1ccc(-c2ccccn2)nc1. The van der Waals surface area contributed by atoms with E-state index in [9.17, 15) is 0 Å². The monoisotopic (exact) mass is 448 g/mol. The molecule has 0 amide bonds. The normalized spacial score (nSPS) is 10.9. The van der Waals surface area contributed by atoms with Gasteiger partial charge in [-0.2, -0.15) is 12.1 Å². The summed E-state index contributed by atoms with van der Waals surface area (Å²) in [7, 11) is -2.43. The first-order chi connectivity index (χ1) is 12.7. The van der Waals surface area contributed by atoms with E-state index in [4.69, 9.17) is 0 Å². The van der Waals surface area contributed by atoms with Crippen molar-refractivity contribution in [2.24, 2.45) is 0 Å². The van der Waals surface area contributed by atoms with Gasteiger partial charge in [-0.1, -0.05) is 51.4 Å². The van der Waals surface area contributed by atoms with Crippen LogP contribution in [0.25, 0.3) is 11.4 Å². The molecule has 0 spiro atoms. The maximum absolute atomic E-state index is 4.19. The molecule has 0 unspecified atom stereocenters. The molecule has 0 bridgehead atoms. The number of aromatic nitrogens is 2. The topological polar surface area (TPSA) is 25.8 Å². The van der Waals surface area contributed by atoms with Crippen molar-refractivity contribution in [1.82, 2.24) is 9.97 Å². The fourth-order valence-electron chi connectivity index (χ4n) is 3.51. The van der Waals surface area contributed by atoms with Crippen LogP contribution in [0.2, 0.25) is 39.3 Å². The Morgan fingerprint density at radius 1 is 0.679 bits per heavy atom. The summed E-state index contributed by atoms with van der Waals surface area (Å²) in [6.07, 6.45) is 3.54. The van der Waals surface area contributed by atoms with Crippen LogP contribution in [0.3, 0.4) is 0 Å². The predicted octanol–water partition coefficient (Wildman–Crippen LogP) is 6.31. The zero-order valence-electron chi connectivity index (χ0n) is 17.6. The molecule has 0 aliphatic rings. The first kappa shape index (κ1) is 24.4. The zero-order chi connectivity index (χ0) is 19.9. The van der Waals surface area contributed by atoms with E-state index >= 15 is 0 Å². The molecule has 0 aliphatic heterocycles. The van der Waals surface area contributed by atoms with E-state index in [1.165, 1.54) is 5.56 Å². The van der Waals surface area contributed by atoms with Gasteiger partial charge < -0.3 is 11.6 Å². The standard InChI is InChI=1S/C13H22Si2.C10H8N2.Ni/c1-14(2,3)13(15(4,5)6)12-10-8-7-9-11-12;1-3-7-11-9(5-1)10-6-2-4-8-12-10;/h7-10H,1-6H3;1-8H;/q-2;;+2. The number of rotatable bonds is 4. The fourth-order valence-corrected chi connectivity index (χ4v) is 14.4. The van der Waals surface area contributed by atoms with Crippen molar-refractivity contribution in [3.05, 3.63) is 89.9 Å². The molecule has 0 fully saturated rings. The van der Waals surface area contributed by atoms with Gasteiger partial charge in [-0.05, 0) is 40.4 Å². The van der Waals surface area contributed by atoms with E-state index in [2.05, 4.69) is 73.5 Å². The second-order valence-corrected chi connectivity index (χ2v) is 19.1. The third kappa shape index (κ3) is 7.38. The van der Waals surface area contributed by atoms with Crippen molar-refractivity contribution >= 4 is 16.1 Å². The van der Waals surface area contributed by atoms with Crippen LogP contribution in [0.1, 0.15) is 5.56 Å². The summed E-state index contributed by atoms with van der Waals surface area (Å²) in [6, 6.07) is 23.5. The van der Waals surface area contributed by atoms with Gasteiger partial charge in [0.15, 0.2) is 0 Å². The predicted molar refractivity (Wildman–Crippen MR) is 122 cm³/mol. The van der Waals surface area contributed by atoms with E-state index in [1.54, 1.807) is 17.6 Å². The molecule has 5 heteroatoms. The first-order valence-corrected chi connectivity index (χ1v) is 16.4. The fraction of sp³-hybridized carbons (Fsp3) is 0.261. The summed E-state index contributed by atoms with van der Waals surface area (Å²) in [6.45, 7) is 14.7. The summed E-state index contributed by atoms with van der Waals surface area (Å²) >= 11 is 0. The van der Waals surface area contributed by atoms with Crippen LogP contribution in [0.5, 0.6) is 0 Å². The molecule has 0 saturated carbocycles. The minimum Gasteiger partial charge on any atom is -0.371 e. The Balaban J connectivity index is 0.000000275. The largest absolute Gasteiger partial charge is 2.00 e. The molecule has 0 radical (unpaired) electrons. The van der Waals surface area contributed by atoms with Gasteiger partial charge in [0.25, 0.3) is 0 Å². The van der Waals surface area contributed by atoms with Gasteiger partial charge in [0.05, 0.1) is 11.4 Å². The first-order valence-electron chi connectivity index (χ1n) is 9.37. The Hall–Kier alpha value is -1.68. The Bertz CT molecular complexity index is 747. The average Bonchev–Trinajstić information content (AvgIpc) is 2.62. The Morgan fingerprint density at radius 3 is 1.46 bits per heavy atom. The number of nitrogens with zero attached hydrogens (tertiary/aromatic N) is 2. The molecule has 0 saturated heterocycles. The Labute approximate surface area is 182 Å². The average molecular weight is 449 g/mol. The van der Waals surface area contributed by atoms with Crippen LogP contribution in [0.4, 0.5) is 0 Å². The molecule has 3 rings (SSSR count). The van der Waals surface area contributed by atoms with E-state index in [1.807, 2.05) is 42.5 Å². The van der Waals surface area contributed by atoms with Gasteiger partial charge in [-0.15, -0.1) is 6.07 Å². The van der Waals surface area contributed by atoms with E-state index in [-0.39, 0.29) is 16.5 Å². The van der Waals surface area contributed by atoms with Crippen LogP contribution < -0.4 is 0 Å². The van der Waals surface area contributed by atoms with Gasteiger partial charge in [-0.3, -0.25) is 21.2 Å². The number of hydrogen-bond acceptors (Lipinski definition) is 2. The van der Waals surface area contributed by atoms with Crippen molar-refractivity contribution in [3.63, 3.8) is 0 Å². The maximum atomic E-state index is 4.19. The van der Waals surface area contributed by atoms with Crippen LogP contribution in [-0.4, -0.2) is 26.1 Å². The quantitative estimate of drug-likeness (QED) is 0.345. The molecular formula is C23H30N2NiSi2. The van der Waals surface area contributed by atoms with Crippen molar-refractivity contribution in [2.45, 2.75) is 39.3 Å². The second-order valence-electron chi connectivity index (χ2n) is 8.58. The van der Waals surface area contributed by atoms with Crippen molar-refractivity contribution in [2.75, 3.05) is 0 Å². The molecule has 0 atom stereocenters. The van der Waals surface area contributed by atoms with Crippen molar-refractivity contribution in [3.8, 4) is 11.4 Å². The van der Waals surface area contributed by atoms with Gasteiger partial charge in [-0.25, -0.2) is 0 Å². The molecule has 28 heavy (non-hydrogen) atoms. The van der Waals surface area contributed by atoms with Crippen LogP contribution in [0.15, 0.2) is 73.1 Å². The summed E-state index contributed by atoms with van der Waals surface area (Å²) in [5.41, 5.74) is 3.20. The molecule has 2 nitrogen and oxygen atoms in total. The van der Waals surface area contributed by atoms with Gasteiger partial charge in [0.1, 0.15) is 0 Å². The molecule has 1 aromatic carbocycles. The Kier molecular flexibility index (Phi) is 9.35. The number of benzene rings is 1. The van der Waals surface area contributed by atoms with E-state index in [0.717, 1.165) is 11.4 Å². The summed E-state index contributed by atoms with van der Waals surface area (Å²) in [5, 5.41) is 1.75. The number of hydrogen-bond donors (Lipinski definition) is 0. The third-order valence-electron chi connectivity index (χ3n) is 4.07. The molecule has 0 aliphatic carbocycles. The maximum Gasteiger partial charge on any atom is 2.00 e. The second kappa shape index (κ2) is 10.8. The zero-order valence-corrected chi connectivity index (χ0v) is 20.6. The van der Waals surface area contributed by atoms with Crippen LogP contribution >= 0.6 is 0 Å². The van der Waals surface area contributed by atoms with Gasteiger partial charge in [0, 0.05) is 12.4 Å². The number of pyridine rings is 2. The van der Waals surface area contributed by atoms with Crippen LogP contribution in [0, 0.1) is 11.2 Å². The summed E-state index contributed by atoms with van der Waals surface area (Å²) in [4.78, 5) is 8.37. The molecular weight excluding hydrogens is 419 g/mol. The summed E-state index contributed by atoms with van der Waals surface area (Å²) < 4.78 is 0. The van der Waals surface area contributed by atoms with Gasteiger partial charge >= 0.3 is 16.5 Å². The van der Waals surface area contributed by atoms with Gasteiger partial charge in [0.2, 0.25) is 0 Å². The molecule has 2 aromatic heterocycles. The van der Waals surface area contributed by atoms with Crippen molar-refractivity contribution < 1.29 is 16.5 Å². The van der Waals surface area contributed by atoms with E-state index in [0.29, 0.717) is 0 Å². The van der Waals surface area contributed by atoms with E-state index < -0.39 is 16.1 Å². The molecule has 0 N–H and O–H groups in total.